The molecule has 0 bridgehead atoms. The van der Waals surface area contributed by atoms with Gasteiger partial charge in [0, 0.05) is 17.8 Å². The molecule has 0 radical (unpaired) electrons. The molecule has 0 aromatic heterocycles. The number of fused-ring (bicyclic) bond motifs is 1. The van der Waals surface area contributed by atoms with Crippen LogP contribution in [0.3, 0.4) is 0 Å². The molecule has 0 unspecified atom stereocenters. The van der Waals surface area contributed by atoms with Gasteiger partial charge in [0.15, 0.2) is 0 Å². The number of hydrogen-bond acceptors (Lipinski definition) is 4. The molecule has 1 aliphatic heterocycles. The summed E-state index contributed by atoms with van der Waals surface area (Å²) in [6, 6.07) is 12.3. The maximum Gasteiger partial charge on any atom is 0.255 e. The summed E-state index contributed by atoms with van der Waals surface area (Å²) in [5, 5.41) is 2.87. The zero-order chi connectivity index (χ0) is 19.6. The minimum atomic E-state index is -3.30. The third-order valence-electron chi connectivity index (χ3n) is 4.30. The van der Waals surface area contributed by atoms with Crippen molar-refractivity contribution in [3.05, 3.63) is 53.6 Å². The standard InChI is InChI=1S/C20H24N2O4S/c1-14(2)26-18-9-6-15(7-10-18)20(23)21-17-8-11-19-16(13-17)5-4-12-22(19)27(3,24)25/h6-11,13-14H,4-5,12H2,1-3H3,(H,21,23). The van der Waals surface area contributed by atoms with Crippen molar-refractivity contribution in [3.63, 3.8) is 0 Å². The van der Waals surface area contributed by atoms with Gasteiger partial charge in [0.05, 0.1) is 18.0 Å². The minimum Gasteiger partial charge on any atom is -0.491 e. The highest BCUT2D eigenvalue weighted by Gasteiger charge is 2.24. The van der Waals surface area contributed by atoms with E-state index in [9.17, 15) is 13.2 Å². The number of aryl methyl sites for hydroxylation is 1. The zero-order valence-corrected chi connectivity index (χ0v) is 16.5. The lowest BCUT2D eigenvalue weighted by Crippen LogP contribution is -2.34. The van der Waals surface area contributed by atoms with Gasteiger partial charge in [0.1, 0.15) is 5.75 Å². The molecular weight excluding hydrogens is 364 g/mol. The zero-order valence-electron chi connectivity index (χ0n) is 15.7. The Morgan fingerprint density at radius 1 is 1.15 bits per heavy atom. The Balaban J connectivity index is 1.75. The van der Waals surface area contributed by atoms with Crippen LogP contribution in [0.15, 0.2) is 42.5 Å². The first-order valence-electron chi connectivity index (χ1n) is 8.93. The van der Waals surface area contributed by atoms with Crippen molar-refractivity contribution >= 4 is 27.3 Å². The molecule has 2 aromatic rings. The highest BCUT2D eigenvalue weighted by molar-refractivity contribution is 7.92. The SMILES string of the molecule is CC(C)Oc1ccc(C(=O)Nc2ccc3c(c2)CCCN3S(C)(=O)=O)cc1. The summed E-state index contributed by atoms with van der Waals surface area (Å²) < 4.78 is 30.9. The Kier molecular flexibility index (Phi) is 5.41. The predicted octanol–water partition coefficient (Wildman–Crippen LogP) is 3.44. The summed E-state index contributed by atoms with van der Waals surface area (Å²) in [6.45, 7) is 4.38. The van der Waals surface area contributed by atoms with Crippen molar-refractivity contribution in [2.45, 2.75) is 32.8 Å². The fraction of sp³-hybridized carbons (Fsp3) is 0.350. The van der Waals surface area contributed by atoms with Crippen molar-refractivity contribution in [1.29, 1.82) is 0 Å². The molecule has 0 aliphatic carbocycles. The van der Waals surface area contributed by atoms with E-state index in [4.69, 9.17) is 4.74 Å². The van der Waals surface area contributed by atoms with Gasteiger partial charge in [-0.25, -0.2) is 8.42 Å². The molecule has 1 amide bonds. The number of carbonyl (C=O) groups excluding carboxylic acids is 1. The molecule has 1 aliphatic rings. The van der Waals surface area contributed by atoms with Gasteiger partial charge in [0.2, 0.25) is 10.0 Å². The van der Waals surface area contributed by atoms with E-state index in [0.717, 1.165) is 24.2 Å². The third kappa shape index (κ3) is 4.60. The van der Waals surface area contributed by atoms with Crippen LogP contribution in [0, 0.1) is 0 Å². The van der Waals surface area contributed by atoms with Crippen LogP contribution in [0.25, 0.3) is 0 Å². The first kappa shape index (κ1) is 19.2. The van der Waals surface area contributed by atoms with E-state index in [0.29, 0.717) is 23.5 Å². The molecule has 1 heterocycles. The van der Waals surface area contributed by atoms with Crippen molar-refractivity contribution < 1.29 is 17.9 Å². The topological polar surface area (TPSA) is 75.7 Å². The van der Waals surface area contributed by atoms with E-state index < -0.39 is 10.0 Å². The molecule has 27 heavy (non-hydrogen) atoms. The van der Waals surface area contributed by atoms with Crippen LogP contribution < -0.4 is 14.4 Å². The Morgan fingerprint density at radius 3 is 2.48 bits per heavy atom. The quantitative estimate of drug-likeness (QED) is 0.851. The minimum absolute atomic E-state index is 0.0756. The fourth-order valence-corrected chi connectivity index (χ4v) is 4.14. The number of carbonyl (C=O) groups is 1. The summed E-state index contributed by atoms with van der Waals surface area (Å²) in [7, 11) is -3.30. The molecule has 1 N–H and O–H groups in total. The second-order valence-electron chi connectivity index (χ2n) is 6.93. The van der Waals surface area contributed by atoms with E-state index >= 15 is 0 Å². The maximum absolute atomic E-state index is 12.5. The second-order valence-corrected chi connectivity index (χ2v) is 8.83. The molecular formula is C20H24N2O4S. The second kappa shape index (κ2) is 7.60. The first-order valence-corrected chi connectivity index (χ1v) is 10.8. The van der Waals surface area contributed by atoms with Crippen molar-refractivity contribution in [1.82, 2.24) is 0 Å². The molecule has 0 atom stereocenters. The number of anilines is 2. The smallest absolute Gasteiger partial charge is 0.255 e. The van der Waals surface area contributed by atoms with Crippen LogP contribution >= 0.6 is 0 Å². The summed E-state index contributed by atoms with van der Waals surface area (Å²) in [5.41, 5.74) is 2.79. The van der Waals surface area contributed by atoms with Gasteiger partial charge in [-0.15, -0.1) is 0 Å². The number of hydrogen-bond donors (Lipinski definition) is 1. The van der Waals surface area contributed by atoms with E-state index in [2.05, 4.69) is 5.32 Å². The van der Waals surface area contributed by atoms with Crippen LogP contribution in [0.5, 0.6) is 5.75 Å². The van der Waals surface area contributed by atoms with Gasteiger partial charge in [-0.05, 0) is 74.7 Å². The van der Waals surface area contributed by atoms with E-state index in [1.165, 1.54) is 10.6 Å². The number of sulfonamides is 1. The van der Waals surface area contributed by atoms with E-state index in [1.807, 2.05) is 19.9 Å². The Labute approximate surface area is 160 Å². The molecule has 0 saturated heterocycles. The van der Waals surface area contributed by atoms with Crippen molar-refractivity contribution in [3.8, 4) is 5.75 Å². The highest BCUT2D eigenvalue weighted by atomic mass is 32.2. The van der Waals surface area contributed by atoms with Crippen LogP contribution in [0.1, 0.15) is 36.2 Å². The lowest BCUT2D eigenvalue weighted by molar-refractivity contribution is 0.102. The van der Waals surface area contributed by atoms with Gasteiger partial charge in [-0.3, -0.25) is 9.10 Å². The number of rotatable bonds is 5. The number of benzene rings is 2. The van der Waals surface area contributed by atoms with Crippen LogP contribution in [0.2, 0.25) is 0 Å². The monoisotopic (exact) mass is 388 g/mol. The normalized spacial score (nSPS) is 14.0. The van der Waals surface area contributed by atoms with E-state index in [1.54, 1.807) is 36.4 Å². The van der Waals surface area contributed by atoms with Gasteiger partial charge in [-0.1, -0.05) is 0 Å². The largest absolute Gasteiger partial charge is 0.491 e. The average Bonchev–Trinajstić information content (AvgIpc) is 2.60. The van der Waals surface area contributed by atoms with Crippen molar-refractivity contribution in [2.75, 3.05) is 22.4 Å². The van der Waals surface area contributed by atoms with Gasteiger partial charge >= 0.3 is 0 Å². The summed E-state index contributed by atoms with van der Waals surface area (Å²) in [4.78, 5) is 12.5. The predicted molar refractivity (Wildman–Crippen MR) is 107 cm³/mol. The molecule has 3 rings (SSSR count). The Hall–Kier alpha value is -2.54. The number of ether oxygens (including phenoxy) is 1. The number of nitrogens with zero attached hydrogens (tertiary/aromatic N) is 1. The molecule has 2 aromatic carbocycles. The summed E-state index contributed by atoms with van der Waals surface area (Å²) in [5.74, 6) is 0.498. The number of nitrogens with one attached hydrogen (secondary N) is 1. The molecule has 7 heteroatoms. The third-order valence-corrected chi connectivity index (χ3v) is 5.48. The van der Waals surface area contributed by atoms with Gasteiger partial charge in [0.25, 0.3) is 5.91 Å². The molecule has 6 nitrogen and oxygen atoms in total. The Morgan fingerprint density at radius 2 is 1.85 bits per heavy atom. The van der Waals surface area contributed by atoms with Gasteiger partial charge in [-0.2, -0.15) is 0 Å². The van der Waals surface area contributed by atoms with Crippen LogP contribution in [0.4, 0.5) is 11.4 Å². The van der Waals surface area contributed by atoms with Crippen LogP contribution in [-0.2, 0) is 16.4 Å². The Bertz CT molecular complexity index is 937. The van der Waals surface area contributed by atoms with Crippen LogP contribution in [-0.4, -0.2) is 33.2 Å². The lowest BCUT2D eigenvalue weighted by Gasteiger charge is -2.29. The summed E-state index contributed by atoms with van der Waals surface area (Å²) >= 11 is 0. The van der Waals surface area contributed by atoms with Crippen molar-refractivity contribution in [2.24, 2.45) is 0 Å². The first-order chi connectivity index (χ1) is 12.7. The fourth-order valence-electron chi connectivity index (χ4n) is 3.15. The average molecular weight is 388 g/mol. The molecule has 0 fully saturated rings. The van der Waals surface area contributed by atoms with Gasteiger partial charge < -0.3 is 10.1 Å². The summed E-state index contributed by atoms with van der Waals surface area (Å²) in [6.07, 6.45) is 2.83. The maximum atomic E-state index is 12.5. The van der Waals surface area contributed by atoms with E-state index in [-0.39, 0.29) is 12.0 Å². The highest BCUT2D eigenvalue weighted by Crippen LogP contribution is 2.31. The molecule has 144 valence electrons. The number of amides is 1. The molecule has 0 spiro atoms. The lowest BCUT2D eigenvalue weighted by atomic mass is 10.0. The molecule has 0 saturated carbocycles.